The third kappa shape index (κ3) is 4.05. The van der Waals surface area contributed by atoms with Gasteiger partial charge in [-0.1, -0.05) is 24.3 Å². The van der Waals surface area contributed by atoms with Gasteiger partial charge in [0.05, 0.1) is 13.2 Å². The Morgan fingerprint density at radius 3 is 2.46 bits per heavy atom. The number of rotatable bonds is 8. The first-order valence-corrected chi connectivity index (χ1v) is 8.89. The molecule has 26 heavy (non-hydrogen) atoms. The molecule has 7 nitrogen and oxygen atoms in total. The number of fused-ring (bicyclic) bond motifs is 1. The van der Waals surface area contributed by atoms with Crippen molar-refractivity contribution < 1.29 is 9.47 Å². The average Bonchev–Trinajstić information content (AvgIpc) is 2.68. The molecule has 7 heteroatoms. The highest BCUT2D eigenvalue weighted by Gasteiger charge is 2.22. The van der Waals surface area contributed by atoms with E-state index in [-0.39, 0.29) is 0 Å². The van der Waals surface area contributed by atoms with Crippen LogP contribution in [0.5, 0.6) is 0 Å². The number of nitrogen functional groups attached to an aromatic ring is 1. The largest absolute Gasteiger partial charge is 0.393 e. The Kier molecular flexibility index (Phi) is 6.25. The molecular weight excluding hydrogens is 330 g/mol. The summed E-state index contributed by atoms with van der Waals surface area (Å²) >= 11 is 0. The number of hydrogen-bond acceptors (Lipinski definition) is 7. The van der Waals surface area contributed by atoms with E-state index in [0.29, 0.717) is 32.0 Å². The molecular formula is C19H27N5O2. The summed E-state index contributed by atoms with van der Waals surface area (Å²) in [6, 6.07) is 8.53. The number of benzene rings is 1. The average molecular weight is 357 g/mol. The van der Waals surface area contributed by atoms with Crippen LogP contribution in [0.25, 0.3) is 0 Å². The molecule has 0 fully saturated rings. The van der Waals surface area contributed by atoms with Crippen LogP contribution in [0.4, 0.5) is 17.3 Å². The molecule has 0 aliphatic carbocycles. The Bertz CT molecular complexity index is 717. The number of hydrogen-bond donors (Lipinski definition) is 1. The molecule has 0 radical (unpaired) electrons. The van der Waals surface area contributed by atoms with Crippen LogP contribution in [-0.2, 0) is 22.4 Å². The quantitative estimate of drug-likeness (QED) is 0.771. The molecule has 140 valence electrons. The van der Waals surface area contributed by atoms with E-state index < -0.39 is 0 Å². The van der Waals surface area contributed by atoms with Gasteiger partial charge >= 0.3 is 0 Å². The summed E-state index contributed by atoms with van der Waals surface area (Å²) in [4.78, 5) is 13.2. The third-order valence-corrected chi connectivity index (χ3v) is 4.70. The van der Waals surface area contributed by atoms with Gasteiger partial charge in [0.25, 0.3) is 0 Å². The predicted octanol–water partition coefficient (Wildman–Crippen LogP) is 1.72. The predicted molar refractivity (Wildman–Crippen MR) is 104 cm³/mol. The van der Waals surface area contributed by atoms with E-state index in [1.54, 1.807) is 20.5 Å². The fraction of sp³-hybridized carbons (Fsp3) is 0.474. The summed E-state index contributed by atoms with van der Waals surface area (Å²) in [5, 5.41) is 0. The second-order valence-corrected chi connectivity index (χ2v) is 6.35. The smallest absolute Gasteiger partial charge is 0.157 e. The summed E-state index contributed by atoms with van der Waals surface area (Å²) in [6.45, 7) is 4.30. The molecule has 1 aromatic carbocycles. The molecule has 0 bridgehead atoms. The van der Waals surface area contributed by atoms with Gasteiger partial charge in [-0.3, -0.25) is 0 Å². The minimum absolute atomic E-state index is 0.597. The van der Waals surface area contributed by atoms with Gasteiger partial charge in [-0.2, -0.15) is 0 Å². The van der Waals surface area contributed by atoms with Crippen molar-refractivity contribution in [3.63, 3.8) is 0 Å². The van der Waals surface area contributed by atoms with Crippen LogP contribution >= 0.6 is 0 Å². The lowest BCUT2D eigenvalue weighted by molar-refractivity contribution is 0.190. The Morgan fingerprint density at radius 2 is 1.77 bits per heavy atom. The van der Waals surface area contributed by atoms with Crippen molar-refractivity contribution in [1.29, 1.82) is 0 Å². The van der Waals surface area contributed by atoms with Crippen molar-refractivity contribution in [2.24, 2.45) is 0 Å². The zero-order valence-electron chi connectivity index (χ0n) is 15.5. The van der Waals surface area contributed by atoms with Crippen molar-refractivity contribution in [2.45, 2.75) is 13.0 Å². The first-order valence-electron chi connectivity index (χ1n) is 8.89. The number of aromatic nitrogens is 2. The number of nitrogens with zero attached hydrogens (tertiary/aromatic N) is 4. The van der Waals surface area contributed by atoms with Gasteiger partial charge in [0.1, 0.15) is 12.0 Å². The summed E-state index contributed by atoms with van der Waals surface area (Å²) < 4.78 is 10.4. The lowest BCUT2D eigenvalue weighted by atomic mass is 10.00. The second kappa shape index (κ2) is 8.82. The van der Waals surface area contributed by atoms with E-state index in [1.165, 1.54) is 11.1 Å². The molecule has 1 aliphatic heterocycles. The van der Waals surface area contributed by atoms with Gasteiger partial charge in [-0.25, -0.2) is 9.97 Å². The van der Waals surface area contributed by atoms with Gasteiger partial charge in [-0.05, 0) is 17.5 Å². The van der Waals surface area contributed by atoms with Crippen LogP contribution in [0.1, 0.15) is 11.1 Å². The van der Waals surface area contributed by atoms with Gasteiger partial charge < -0.3 is 25.0 Å². The van der Waals surface area contributed by atoms with Crippen LogP contribution in [0.3, 0.4) is 0 Å². The van der Waals surface area contributed by atoms with Crippen molar-refractivity contribution >= 4 is 17.3 Å². The standard InChI is InChI=1S/C19H27N5O2/c1-25-11-9-23(10-12-26-2)18-17(20)19(22-14-21-18)24-8-7-15-5-3-4-6-16(15)13-24/h3-6,14H,7-13,20H2,1-2H3. The molecule has 1 aliphatic rings. The fourth-order valence-corrected chi connectivity index (χ4v) is 3.28. The fourth-order valence-electron chi connectivity index (χ4n) is 3.28. The molecule has 3 rings (SSSR count). The summed E-state index contributed by atoms with van der Waals surface area (Å²) in [7, 11) is 3.38. The first kappa shape index (κ1) is 18.4. The highest BCUT2D eigenvalue weighted by molar-refractivity contribution is 5.76. The van der Waals surface area contributed by atoms with Crippen molar-refractivity contribution in [2.75, 3.05) is 62.6 Å². The number of ether oxygens (including phenoxy) is 2. The van der Waals surface area contributed by atoms with Crippen LogP contribution in [0.15, 0.2) is 30.6 Å². The molecule has 0 amide bonds. The Morgan fingerprint density at radius 1 is 1.08 bits per heavy atom. The summed E-state index contributed by atoms with van der Waals surface area (Å²) in [5.41, 5.74) is 9.83. The van der Waals surface area contributed by atoms with Gasteiger partial charge in [0.2, 0.25) is 0 Å². The van der Waals surface area contributed by atoms with E-state index in [0.717, 1.165) is 31.1 Å². The highest BCUT2D eigenvalue weighted by atomic mass is 16.5. The molecule has 0 saturated heterocycles. The highest BCUT2D eigenvalue weighted by Crippen LogP contribution is 2.32. The SMILES string of the molecule is COCCN(CCOC)c1ncnc(N2CCc3ccccc3C2)c1N. The third-order valence-electron chi connectivity index (χ3n) is 4.70. The van der Waals surface area contributed by atoms with E-state index in [9.17, 15) is 0 Å². The topological polar surface area (TPSA) is 76.7 Å². The van der Waals surface area contributed by atoms with Crippen LogP contribution in [0.2, 0.25) is 0 Å². The zero-order valence-corrected chi connectivity index (χ0v) is 15.5. The monoisotopic (exact) mass is 357 g/mol. The normalized spacial score (nSPS) is 13.5. The molecule has 0 spiro atoms. The Balaban J connectivity index is 1.84. The van der Waals surface area contributed by atoms with E-state index in [1.807, 2.05) is 0 Å². The molecule has 1 aromatic heterocycles. The maximum absolute atomic E-state index is 6.49. The maximum Gasteiger partial charge on any atom is 0.157 e. The van der Waals surface area contributed by atoms with E-state index in [4.69, 9.17) is 15.2 Å². The number of nitrogens with two attached hydrogens (primary N) is 1. The zero-order chi connectivity index (χ0) is 18.4. The lowest BCUT2D eigenvalue weighted by Crippen LogP contribution is -2.34. The summed E-state index contributed by atoms with van der Waals surface area (Å²) in [5.74, 6) is 1.53. The number of anilines is 3. The minimum atomic E-state index is 0.597. The molecule has 0 saturated carbocycles. The van der Waals surface area contributed by atoms with Gasteiger partial charge in [0.15, 0.2) is 11.6 Å². The Hall–Kier alpha value is -2.38. The first-order chi connectivity index (χ1) is 12.7. The van der Waals surface area contributed by atoms with Crippen LogP contribution in [-0.4, -0.2) is 57.0 Å². The van der Waals surface area contributed by atoms with E-state index in [2.05, 4.69) is 44.0 Å². The van der Waals surface area contributed by atoms with Crippen LogP contribution < -0.4 is 15.5 Å². The van der Waals surface area contributed by atoms with Crippen molar-refractivity contribution in [1.82, 2.24) is 9.97 Å². The molecule has 2 N–H and O–H groups in total. The van der Waals surface area contributed by atoms with Crippen molar-refractivity contribution in [3.8, 4) is 0 Å². The molecule has 0 unspecified atom stereocenters. The minimum Gasteiger partial charge on any atom is -0.393 e. The second-order valence-electron chi connectivity index (χ2n) is 6.35. The van der Waals surface area contributed by atoms with E-state index >= 15 is 0 Å². The molecule has 2 aromatic rings. The van der Waals surface area contributed by atoms with Crippen LogP contribution in [0, 0.1) is 0 Å². The van der Waals surface area contributed by atoms with Gasteiger partial charge in [-0.15, -0.1) is 0 Å². The molecule has 2 heterocycles. The van der Waals surface area contributed by atoms with Crippen molar-refractivity contribution in [3.05, 3.63) is 41.7 Å². The molecule has 0 atom stereocenters. The Labute approximate surface area is 154 Å². The van der Waals surface area contributed by atoms with Gasteiger partial charge in [0, 0.05) is 40.4 Å². The summed E-state index contributed by atoms with van der Waals surface area (Å²) in [6.07, 6.45) is 2.58. The lowest BCUT2D eigenvalue weighted by Gasteiger charge is -2.32. The maximum atomic E-state index is 6.49. The number of methoxy groups -OCH3 is 2.